The van der Waals surface area contributed by atoms with Gasteiger partial charge in [0.05, 0.1) is 24.2 Å². The van der Waals surface area contributed by atoms with Gasteiger partial charge in [-0.25, -0.2) is 14.2 Å². The normalized spacial score (nSPS) is 24.5. The van der Waals surface area contributed by atoms with Gasteiger partial charge in [0.1, 0.15) is 23.2 Å². The SMILES string of the molecule is CCOC(=O)c1cnc(Nc2cnn(C)c2)nc1NC1CCC(N2CCN(C(=O)C3CCC(C(=O)N4CCC(C(F)(F)C(=O)N5CCN(c6ccc(NC7CCC(=O)NC7=O)cc6F)CC5)CC4)CC3)CC2)CC1. The molecule has 6 heterocycles. The van der Waals surface area contributed by atoms with Crippen molar-refractivity contribution in [3.8, 4) is 0 Å². The molecule has 4 saturated heterocycles. The molecule has 1 atom stereocenters. The first-order chi connectivity index (χ1) is 35.6. The number of nitrogens with one attached hydrogen (secondary N) is 4. The van der Waals surface area contributed by atoms with E-state index in [1.807, 2.05) is 11.9 Å². The van der Waals surface area contributed by atoms with Gasteiger partial charge in [-0.05, 0) is 95.8 Å². The Balaban J connectivity index is 0.668. The maximum atomic E-state index is 15.8. The first-order valence-corrected chi connectivity index (χ1v) is 26.3. The topological polar surface area (TPSA) is 220 Å². The van der Waals surface area contributed by atoms with Crippen molar-refractivity contribution in [2.75, 3.05) is 92.9 Å². The Hall–Kier alpha value is -6.52. The molecule has 3 aromatic rings. The second-order valence-electron chi connectivity index (χ2n) is 20.6. The van der Waals surface area contributed by atoms with E-state index in [2.05, 4.69) is 41.2 Å². The number of amides is 5. The summed E-state index contributed by atoms with van der Waals surface area (Å²) in [5.41, 5.74) is 1.62. The number of halogens is 3. The molecule has 0 bridgehead atoms. The van der Waals surface area contributed by atoms with Crippen LogP contribution in [0.2, 0.25) is 0 Å². The van der Waals surface area contributed by atoms with Crippen molar-refractivity contribution in [2.45, 2.75) is 108 Å². The minimum absolute atomic E-state index is 0.000685. The molecule has 6 fully saturated rings. The number of aromatic nitrogens is 4. The van der Waals surface area contributed by atoms with E-state index in [0.29, 0.717) is 62.3 Å². The minimum Gasteiger partial charge on any atom is -0.462 e. The van der Waals surface area contributed by atoms with E-state index >= 15 is 13.2 Å². The smallest absolute Gasteiger partial charge is 0.343 e. The highest BCUT2D eigenvalue weighted by atomic mass is 19.3. The number of hydrogen-bond acceptors (Lipinski definition) is 15. The molecule has 2 saturated carbocycles. The van der Waals surface area contributed by atoms with Crippen LogP contribution in [0.4, 0.5) is 42.0 Å². The average Bonchev–Trinajstić information content (AvgIpc) is 3.83. The molecule has 4 N–H and O–H groups in total. The van der Waals surface area contributed by atoms with Gasteiger partial charge in [-0.2, -0.15) is 18.9 Å². The second kappa shape index (κ2) is 22.9. The number of imide groups is 1. The fraction of sp³-hybridized carbons (Fsp3) is 0.627. The van der Waals surface area contributed by atoms with Crippen molar-refractivity contribution >= 4 is 64.3 Å². The van der Waals surface area contributed by atoms with Crippen LogP contribution >= 0.6 is 0 Å². The van der Waals surface area contributed by atoms with Crippen molar-refractivity contribution in [3.05, 3.63) is 48.2 Å². The summed E-state index contributed by atoms with van der Waals surface area (Å²) in [7, 11) is 1.81. The van der Waals surface area contributed by atoms with Gasteiger partial charge in [-0.15, -0.1) is 0 Å². The molecular formula is C51H68F3N13O7. The molecule has 400 valence electrons. The highest BCUT2D eigenvalue weighted by Gasteiger charge is 2.51. The molecule has 2 aromatic heterocycles. The summed E-state index contributed by atoms with van der Waals surface area (Å²) < 4.78 is 53.9. The van der Waals surface area contributed by atoms with Crippen molar-refractivity contribution in [3.63, 3.8) is 0 Å². The Labute approximate surface area is 428 Å². The van der Waals surface area contributed by atoms with Gasteiger partial charge < -0.3 is 40.3 Å². The number of hydrogen-bond donors (Lipinski definition) is 4. The first kappa shape index (κ1) is 52.3. The molecule has 0 radical (unpaired) electrons. The van der Waals surface area contributed by atoms with Gasteiger partial charge in [-0.1, -0.05) is 0 Å². The maximum Gasteiger partial charge on any atom is 0.343 e. The van der Waals surface area contributed by atoms with Crippen LogP contribution in [0, 0.1) is 23.6 Å². The number of likely N-dealkylation sites (tertiary alicyclic amines) is 1. The summed E-state index contributed by atoms with van der Waals surface area (Å²) in [6.45, 7) is 5.43. The standard InChI is InChI=1S/C51H68F3N13O7/c1-3-74-48(72)39-30-55-50(59-37-29-56-62(2)31-37)61-44(39)58-35-8-11-38(12-9-35)63-20-24-66(25-21-63)47(71)33-6-4-32(5-7-33)46(70)65-18-16-34(17-19-65)51(53,54)49(73)67-26-22-64(23-27-67)42-14-10-36(28-40(42)52)57-41-13-15-43(68)60-45(41)69/h10,14,28-35,38,41,57H,3-9,11-13,15-27H2,1-2H3,(H,60,68,69)(H2,55,58,59,61). The molecule has 0 spiro atoms. The van der Waals surface area contributed by atoms with Crippen LogP contribution in [0.1, 0.15) is 94.3 Å². The third kappa shape index (κ3) is 12.0. The van der Waals surface area contributed by atoms with Gasteiger partial charge in [0, 0.05) is 127 Å². The molecule has 5 amide bonds. The molecule has 20 nitrogen and oxygen atoms in total. The zero-order valence-electron chi connectivity index (χ0n) is 42.2. The Bertz CT molecular complexity index is 2530. The first-order valence-electron chi connectivity index (χ1n) is 26.3. The van der Waals surface area contributed by atoms with Gasteiger partial charge in [-0.3, -0.25) is 38.9 Å². The minimum atomic E-state index is -3.62. The van der Waals surface area contributed by atoms with Crippen molar-refractivity contribution in [1.29, 1.82) is 0 Å². The predicted molar refractivity (Wildman–Crippen MR) is 267 cm³/mol. The molecule has 1 aromatic carbocycles. The molecule has 2 aliphatic carbocycles. The molecular weight excluding hydrogens is 964 g/mol. The zero-order valence-corrected chi connectivity index (χ0v) is 42.2. The van der Waals surface area contributed by atoms with Crippen LogP contribution in [-0.4, -0.2) is 171 Å². The van der Waals surface area contributed by atoms with Crippen LogP contribution in [0.3, 0.4) is 0 Å². The fourth-order valence-corrected chi connectivity index (χ4v) is 11.6. The molecule has 74 heavy (non-hydrogen) atoms. The molecule has 1 unspecified atom stereocenters. The highest BCUT2D eigenvalue weighted by Crippen LogP contribution is 2.38. The third-order valence-electron chi connectivity index (χ3n) is 15.9. The monoisotopic (exact) mass is 1030 g/mol. The van der Waals surface area contributed by atoms with E-state index in [-0.39, 0.29) is 118 Å². The lowest BCUT2D eigenvalue weighted by molar-refractivity contribution is -0.170. The largest absolute Gasteiger partial charge is 0.462 e. The number of nitrogens with zero attached hydrogens (tertiary/aromatic N) is 9. The van der Waals surface area contributed by atoms with Crippen LogP contribution in [-0.2, 0) is 35.8 Å². The number of piperazine rings is 2. The van der Waals surface area contributed by atoms with Crippen molar-refractivity contribution in [1.82, 2.24) is 44.7 Å². The summed E-state index contributed by atoms with van der Waals surface area (Å²) >= 11 is 0. The summed E-state index contributed by atoms with van der Waals surface area (Å²) in [6, 6.07) is 4.22. The summed E-state index contributed by atoms with van der Waals surface area (Å²) in [5, 5.41) is 16.0. The quantitative estimate of drug-likeness (QED) is 0.130. The Morgan fingerprint density at radius 1 is 0.770 bits per heavy atom. The lowest BCUT2D eigenvalue weighted by Crippen LogP contribution is -2.56. The Morgan fingerprint density at radius 2 is 1.42 bits per heavy atom. The highest BCUT2D eigenvalue weighted by molar-refractivity contribution is 6.01. The number of carbonyl (C=O) groups excluding carboxylic acids is 6. The number of ether oxygens (including phenoxy) is 1. The van der Waals surface area contributed by atoms with Crippen LogP contribution in [0.5, 0.6) is 0 Å². The van der Waals surface area contributed by atoms with E-state index in [9.17, 15) is 28.8 Å². The number of alkyl halides is 2. The Morgan fingerprint density at radius 3 is 2.03 bits per heavy atom. The van der Waals surface area contributed by atoms with Crippen molar-refractivity contribution < 1.29 is 46.7 Å². The third-order valence-corrected chi connectivity index (χ3v) is 15.9. The zero-order chi connectivity index (χ0) is 52.1. The number of benzene rings is 1. The average molecular weight is 1030 g/mol. The lowest BCUT2D eigenvalue weighted by atomic mass is 9.80. The van der Waals surface area contributed by atoms with E-state index < -0.39 is 41.5 Å². The number of anilines is 5. The summed E-state index contributed by atoms with van der Waals surface area (Å²) in [4.78, 5) is 95.1. The predicted octanol–water partition coefficient (Wildman–Crippen LogP) is 4.38. The molecule has 6 aliphatic rings. The second-order valence-corrected chi connectivity index (χ2v) is 20.6. The van der Waals surface area contributed by atoms with E-state index in [4.69, 9.17) is 4.74 Å². The number of carbonyl (C=O) groups is 6. The summed E-state index contributed by atoms with van der Waals surface area (Å²) in [6.07, 6.45) is 11.4. The van der Waals surface area contributed by atoms with Gasteiger partial charge >= 0.3 is 11.9 Å². The van der Waals surface area contributed by atoms with E-state index in [1.54, 1.807) is 45.9 Å². The van der Waals surface area contributed by atoms with Gasteiger partial charge in [0.25, 0.3) is 5.91 Å². The lowest BCUT2D eigenvalue weighted by Gasteiger charge is -2.43. The van der Waals surface area contributed by atoms with Gasteiger partial charge in [0.15, 0.2) is 0 Å². The van der Waals surface area contributed by atoms with Crippen molar-refractivity contribution in [2.24, 2.45) is 24.8 Å². The maximum absolute atomic E-state index is 15.8. The number of aryl methyl sites for hydroxylation is 1. The van der Waals surface area contributed by atoms with E-state index in [1.165, 1.54) is 12.3 Å². The molecule has 4 aliphatic heterocycles. The molecule has 23 heteroatoms. The number of piperidine rings is 2. The van der Waals surface area contributed by atoms with Crippen LogP contribution in [0.25, 0.3) is 0 Å². The van der Waals surface area contributed by atoms with Gasteiger partial charge in [0.2, 0.25) is 29.6 Å². The van der Waals surface area contributed by atoms with Crippen LogP contribution in [0.15, 0.2) is 36.8 Å². The number of esters is 1. The van der Waals surface area contributed by atoms with E-state index in [0.717, 1.165) is 49.4 Å². The van der Waals surface area contributed by atoms with Crippen LogP contribution < -0.4 is 26.2 Å². The Kier molecular flexibility index (Phi) is 16.2. The fourth-order valence-electron chi connectivity index (χ4n) is 11.6. The summed E-state index contributed by atoms with van der Waals surface area (Å²) in [5.74, 6) is -7.54. The number of rotatable bonds is 14. The molecule has 9 rings (SSSR count).